The lowest BCUT2D eigenvalue weighted by atomic mass is 10.2. The second-order valence-corrected chi connectivity index (χ2v) is 6.60. The van der Waals surface area contributed by atoms with Crippen LogP contribution in [0.2, 0.25) is 0 Å². The molecular formula is C17H22N4O8. The molecule has 0 aliphatic heterocycles. The van der Waals surface area contributed by atoms with Crippen molar-refractivity contribution in [3.63, 3.8) is 0 Å². The summed E-state index contributed by atoms with van der Waals surface area (Å²) >= 11 is 0. The summed E-state index contributed by atoms with van der Waals surface area (Å²) < 4.78 is 14.5. The Morgan fingerprint density at radius 3 is 2.41 bits per heavy atom. The summed E-state index contributed by atoms with van der Waals surface area (Å²) in [4.78, 5) is 34.8. The van der Waals surface area contributed by atoms with Gasteiger partial charge in [0.05, 0.1) is 18.0 Å². The van der Waals surface area contributed by atoms with Crippen LogP contribution in [0.3, 0.4) is 0 Å². The van der Waals surface area contributed by atoms with E-state index in [4.69, 9.17) is 20.1 Å². The Morgan fingerprint density at radius 1 is 1.34 bits per heavy atom. The van der Waals surface area contributed by atoms with Crippen LogP contribution in [0, 0.1) is 17.0 Å². The molecule has 1 heterocycles. The minimum atomic E-state index is -1.04. The van der Waals surface area contributed by atoms with E-state index in [1.165, 1.54) is 18.2 Å². The monoisotopic (exact) mass is 410 g/mol. The van der Waals surface area contributed by atoms with Gasteiger partial charge in [0.1, 0.15) is 5.60 Å². The van der Waals surface area contributed by atoms with Crippen LogP contribution in [0.4, 0.5) is 10.5 Å². The Kier molecular flexibility index (Phi) is 8.06. The molecule has 29 heavy (non-hydrogen) atoms. The van der Waals surface area contributed by atoms with Gasteiger partial charge in [-0.2, -0.15) is 4.98 Å². The van der Waals surface area contributed by atoms with E-state index in [-0.39, 0.29) is 30.3 Å². The number of benzene rings is 1. The summed E-state index contributed by atoms with van der Waals surface area (Å²) in [5, 5.41) is 23.3. The molecule has 0 aliphatic rings. The van der Waals surface area contributed by atoms with E-state index < -0.39 is 22.6 Å². The van der Waals surface area contributed by atoms with Crippen molar-refractivity contribution in [2.24, 2.45) is 5.73 Å². The molecule has 0 saturated carbocycles. The summed E-state index contributed by atoms with van der Waals surface area (Å²) in [5.74, 6) is -0.483. The summed E-state index contributed by atoms with van der Waals surface area (Å²) in [6, 6.07) is 4.16. The Balaban J connectivity index is 0.000000447. The molecule has 0 atom stereocenters. The average molecular weight is 410 g/mol. The van der Waals surface area contributed by atoms with Gasteiger partial charge in [-0.3, -0.25) is 14.9 Å². The third-order valence-corrected chi connectivity index (χ3v) is 2.92. The van der Waals surface area contributed by atoms with Gasteiger partial charge in [0, 0.05) is 18.6 Å². The third kappa shape index (κ3) is 8.69. The summed E-state index contributed by atoms with van der Waals surface area (Å²) in [5.41, 5.74) is 4.38. The number of aryl methyl sites for hydroxylation is 1. The van der Waals surface area contributed by atoms with Crippen LogP contribution in [-0.4, -0.2) is 44.4 Å². The zero-order valence-electron chi connectivity index (χ0n) is 16.4. The standard InChI is InChI=1S/C12H11N3O6.C5H11NO2/c1-7-13-12(14-21-7)8-2-3-10(9(6-8)15(18)19)20-5-4-11(16)17;1-5(2,3)8-4(6)7/h2-3,6H,4-5H2,1H3,(H,16,17);1-3H3,(H2,6,7). The second kappa shape index (κ2) is 10.0. The maximum atomic E-state index is 11.1. The van der Waals surface area contributed by atoms with Crippen LogP contribution >= 0.6 is 0 Å². The number of hydrogen-bond acceptors (Lipinski definition) is 9. The van der Waals surface area contributed by atoms with Gasteiger partial charge in [-0.25, -0.2) is 4.79 Å². The molecule has 0 bridgehead atoms. The molecule has 0 radical (unpaired) electrons. The second-order valence-electron chi connectivity index (χ2n) is 6.60. The molecule has 12 heteroatoms. The predicted molar refractivity (Wildman–Crippen MR) is 99.3 cm³/mol. The quantitative estimate of drug-likeness (QED) is 0.530. The van der Waals surface area contributed by atoms with Crippen molar-refractivity contribution in [3.8, 4) is 17.1 Å². The Morgan fingerprint density at radius 2 is 2.00 bits per heavy atom. The molecule has 0 fully saturated rings. The van der Waals surface area contributed by atoms with Crippen molar-refractivity contribution in [2.75, 3.05) is 6.61 Å². The highest BCUT2D eigenvalue weighted by Crippen LogP contribution is 2.31. The fraction of sp³-hybridized carbons (Fsp3) is 0.412. The molecule has 2 rings (SSSR count). The number of nitrogens with zero attached hydrogens (tertiary/aromatic N) is 3. The number of aromatic nitrogens is 2. The molecule has 0 unspecified atom stereocenters. The Labute approximate surface area is 165 Å². The molecule has 12 nitrogen and oxygen atoms in total. The largest absolute Gasteiger partial charge is 0.486 e. The van der Waals surface area contributed by atoms with E-state index in [0.717, 1.165) is 0 Å². The number of carbonyl (C=O) groups is 2. The highest BCUT2D eigenvalue weighted by Gasteiger charge is 2.19. The maximum absolute atomic E-state index is 11.1. The first kappa shape index (κ1) is 23.3. The minimum absolute atomic E-state index is 0.00906. The smallest absolute Gasteiger partial charge is 0.405 e. The van der Waals surface area contributed by atoms with Crippen LogP contribution in [-0.2, 0) is 9.53 Å². The van der Waals surface area contributed by atoms with Crippen LogP contribution in [0.25, 0.3) is 11.4 Å². The van der Waals surface area contributed by atoms with Gasteiger partial charge in [-0.15, -0.1) is 0 Å². The minimum Gasteiger partial charge on any atom is -0.486 e. The SMILES string of the molecule is CC(C)(C)OC(N)=O.Cc1nc(-c2ccc(OCCC(=O)O)c([N+](=O)[O-])c2)no1. The Hall–Kier alpha value is -3.70. The first-order chi connectivity index (χ1) is 13.4. The highest BCUT2D eigenvalue weighted by atomic mass is 16.6. The van der Waals surface area contributed by atoms with E-state index in [1.807, 2.05) is 0 Å². The van der Waals surface area contributed by atoms with Crippen LogP contribution in [0.1, 0.15) is 33.1 Å². The van der Waals surface area contributed by atoms with Crippen molar-refractivity contribution in [3.05, 3.63) is 34.2 Å². The summed E-state index contributed by atoms with van der Waals surface area (Å²) in [6.07, 6.45) is -0.972. The number of amides is 1. The number of primary amides is 1. The number of nitrogens with two attached hydrogens (primary N) is 1. The van der Waals surface area contributed by atoms with Crippen molar-refractivity contribution >= 4 is 17.7 Å². The summed E-state index contributed by atoms with van der Waals surface area (Å²) in [7, 11) is 0. The number of carboxylic acid groups (broad SMARTS) is 1. The zero-order chi connectivity index (χ0) is 22.2. The molecule has 1 aromatic carbocycles. The van der Waals surface area contributed by atoms with Crippen molar-refractivity contribution < 1.29 is 33.6 Å². The van der Waals surface area contributed by atoms with Gasteiger partial charge in [-0.1, -0.05) is 5.16 Å². The van der Waals surface area contributed by atoms with Crippen LogP contribution in [0.15, 0.2) is 22.7 Å². The third-order valence-electron chi connectivity index (χ3n) is 2.92. The first-order valence-electron chi connectivity index (χ1n) is 8.31. The van der Waals surface area contributed by atoms with Gasteiger partial charge >= 0.3 is 17.7 Å². The lowest BCUT2D eigenvalue weighted by Gasteiger charge is -2.16. The van der Waals surface area contributed by atoms with E-state index in [2.05, 4.69) is 14.9 Å². The number of carbonyl (C=O) groups excluding carboxylic acids is 1. The van der Waals surface area contributed by atoms with E-state index >= 15 is 0 Å². The molecule has 0 spiro atoms. The van der Waals surface area contributed by atoms with E-state index in [1.54, 1.807) is 27.7 Å². The number of ether oxygens (including phenoxy) is 2. The fourth-order valence-electron chi connectivity index (χ4n) is 1.89. The number of rotatable bonds is 6. The van der Waals surface area contributed by atoms with Gasteiger partial charge < -0.3 is 24.8 Å². The highest BCUT2D eigenvalue weighted by molar-refractivity contribution is 5.67. The fourth-order valence-corrected chi connectivity index (χ4v) is 1.89. The average Bonchev–Trinajstić information content (AvgIpc) is 2.99. The number of hydrogen-bond donors (Lipinski definition) is 2. The molecular weight excluding hydrogens is 388 g/mol. The predicted octanol–water partition coefficient (Wildman–Crippen LogP) is 2.69. The Bertz CT molecular complexity index is 873. The molecule has 0 aliphatic carbocycles. The number of nitro groups is 1. The van der Waals surface area contributed by atoms with Crippen molar-refractivity contribution in [1.29, 1.82) is 0 Å². The van der Waals surface area contributed by atoms with Crippen molar-refractivity contribution in [2.45, 2.75) is 39.7 Å². The van der Waals surface area contributed by atoms with Crippen LogP contribution < -0.4 is 10.5 Å². The molecule has 1 aromatic heterocycles. The van der Waals surface area contributed by atoms with E-state index in [0.29, 0.717) is 11.5 Å². The molecule has 2 aromatic rings. The number of nitro benzene ring substituents is 1. The molecule has 158 valence electrons. The van der Waals surface area contributed by atoms with Crippen LogP contribution in [0.5, 0.6) is 5.75 Å². The molecule has 0 saturated heterocycles. The summed E-state index contributed by atoms with van der Waals surface area (Å²) in [6.45, 7) is 6.73. The molecule has 3 N–H and O–H groups in total. The molecule has 1 amide bonds. The lowest BCUT2D eigenvalue weighted by Crippen LogP contribution is -2.27. The number of aliphatic carboxylic acids is 1. The maximum Gasteiger partial charge on any atom is 0.405 e. The zero-order valence-corrected chi connectivity index (χ0v) is 16.4. The number of carboxylic acids is 1. The van der Waals surface area contributed by atoms with Gasteiger partial charge in [0.2, 0.25) is 11.7 Å². The van der Waals surface area contributed by atoms with Gasteiger partial charge in [0.15, 0.2) is 5.75 Å². The van der Waals surface area contributed by atoms with Gasteiger partial charge in [-0.05, 0) is 32.9 Å². The first-order valence-corrected chi connectivity index (χ1v) is 8.31. The van der Waals surface area contributed by atoms with Crippen molar-refractivity contribution in [1.82, 2.24) is 10.1 Å². The topological polar surface area (TPSA) is 181 Å². The van der Waals surface area contributed by atoms with E-state index in [9.17, 15) is 19.7 Å². The normalized spacial score (nSPS) is 10.5. The van der Waals surface area contributed by atoms with Gasteiger partial charge in [0.25, 0.3) is 0 Å². The lowest BCUT2D eigenvalue weighted by molar-refractivity contribution is -0.385.